The van der Waals surface area contributed by atoms with Crippen molar-refractivity contribution in [3.63, 3.8) is 0 Å². The number of halogens is 1. The summed E-state index contributed by atoms with van der Waals surface area (Å²) in [6, 6.07) is 5.86. The first-order valence-corrected chi connectivity index (χ1v) is 8.04. The Morgan fingerprint density at radius 2 is 1.86 bits per heavy atom. The van der Waals surface area contributed by atoms with Crippen molar-refractivity contribution < 1.29 is 9.59 Å². The molecule has 22 heavy (non-hydrogen) atoms. The van der Waals surface area contributed by atoms with Crippen molar-refractivity contribution in [1.82, 2.24) is 5.32 Å². The smallest absolute Gasteiger partial charge is 0.316 e. The lowest BCUT2D eigenvalue weighted by Gasteiger charge is -2.18. The molecule has 1 unspecified atom stereocenters. The third-order valence-electron chi connectivity index (χ3n) is 3.01. The molecule has 1 aromatic rings. The van der Waals surface area contributed by atoms with Crippen LogP contribution in [0.25, 0.3) is 0 Å². The first kappa shape index (κ1) is 20.6. The molecule has 3 amide bonds. The van der Waals surface area contributed by atoms with E-state index in [1.807, 2.05) is 25.3 Å². The number of amides is 3. The average Bonchev–Trinajstić information content (AvgIpc) is 2.44. The zero-order valence-electron chi connectivity index (χ0n) is 12.7. The lowest BCUT2D eigenvalue weighted by Crippen LogP contribution is -2.41. The third-order valence-corrected chi connectivity index (χ3v) is 3.65. The Morgan fingerprint density at radius 1 is 1.27 bits per heavy atom. The molecule has 0 bridgehead atoms. The number of primary amides is 1. The normalized spacial score (nSPS) is 12.7. The molecule has 0 fully saturated rings. The van der Waals surface area contributed by atoms with Crippen molar-refractivity contribution in [2.75, 3.05) is 17.3 Å². The predicted molar refractivity (Wildman–Crippen MR) is 94.4 cm³/mol. The van der Waals surface area contributed by atoms with Crippen molar-refractivity contribution in [3.8, 4) is 0 Å². The van der Waals surface area contributed by atoms with Crippen LogP contribution in [-0.4, -0.2) is 30.0 Å². The maximum Gasteiger partial charge on any atom is 0.316 e. The lowest BCUT2D eigenvalue weighted by atomic mass is 10.1. The van der Waals surface area contributed by atoms with E-state index in [1.165, 1.54) is 0 Å². The zero-order valence-corrected chi connectivity index (χ0v) is 14.3. The summed E-state index contributed by atoms with van der Waals surface area (Å²) in [7, 11) is 0. The van der Waals surface area contributed by atoms with Crippen LogP contribution in [0, 0.1) is 0 Å². The summed E-state index contributed by atoms with van der Waals surface area (Å²) in [6.07, 6.45) is 2.64. The molecule has 0 saturated heterocycles. The predicted octanol–water partition coefficient (Wildman–Crippen LogP) is 1.86. The first-order chi connectivity index (χ1) is 9.93. The number of nitrogens with one attached hydrogen (secondary N) is 2. The molecule has 0 aliphatic heterocycles. The van der Waals surface area contributed by atoms with Crippen LogP contribution in [-0.2, 0) is 4.79 Å². The van der Waals surface area contributed by atoms with Gasteiger partial charge in [0.2, 0.25) is 5.91 Å². The van der Waals surface area contributed by atoms with Crippen molar-refractivity contribution >= 4 is 41.8 Å². The van der Waals surface area contributed by atoms with E-state index in [2.05, 4.69) is 10.6 Å². The Kier molecular flexibility index (Phi) is 9.64. The largest absolute Gasteiger partial charge is 0.351 e. The Labute approximate surface area is 141 Å². The van der Waals surface area contributed by atoms with Gasteiger partial charge in [-0.25, -0.2) is 4.79 Å². The van der Waals surface area contributed by atoms with Gasteiger partial charge in [0.1, 0.15) is 0 Å². The van der Waals surface area contributed by atoms with E-state index < -0.39 is 12.1 Å². The van der Waals surface area contributed by atoms with E-state index in [0.717, 1.165) is 11.3 Å². The highest BCUT2D eigenvalue weighted by molar-refractivity contribution is 7.98. The molecule has 1 rings (SSSR count). The van der Waals surface area contributed by atoms with Gasteiger partial charge in [-0.05, 0) is 43.0 Å². The van der Waals surface area contributed by atoms with Crippen molar-refractivity contribution in [1.29, 1.82) is 0 Å². The maximum atomic E-state index is 11.9. The zero-order chi connectivity index (χ0) is 15.8. The molecule has 0 heterocycles. The van der Waals surface area contributed by atoms with Gasteiger partial charge in [-0.1, -0.05) is 12.1 Å². The SMILES string of the molecule is CSCC[C@H](N)C(=O)NC(C)c1ccc(NC(N)=O)cc1.Cl. The summed E-state index contributed by atoms with van der Waals surface area (Å²) in [5.74, 6) is 0.701. The topological polar surface area (TPSA) is 110 Å². The molecule has 0 spiro atoms. The molecule has 0 saturated carbocycles. The lowest BCUT2D eigenvalue weighted by molar-refractivity contribution is -0.123. The number of carbonyl (C=O) groups is 2. The van der Waals surface area contributed by atoms with E-state index in [1.54, 1.807) is 23.9 Å². The third kappa shape index (κ3) is 7.02. The second kappa shape index (κ2) is 10.3. The van der Waals surface area contributed by atoms with Crippen LogP contribution >= 0.6 is 24.2 Å². The van der Waals surface area contributed by atoms with Gasteiger partial charge in [-0.3, -0.25) is 4.79 Å². The van der Waals surface area contributed by atoms with E-state index in [-0.39, 0.29) is 24.4 Å². The van der Waals surface area contributed by atoms with Gasteiger partial charge in [-0.2, -0.15) is 11.8 Å². The summed E-state index contributed by atoms with van der Waals surface area (Å²) in [6.45, 7) is 1.88. The van der Waals surface area contributed by atoms with E-state index in [9.17, 15) is 9.59 Å². The summed E-state index contributed by atoms with van der Waals surface area (Å²) >= 11 is 1.66. The van der Waals surface area contributed by atoms with Crippen molar-refractivity contribution in [2.24, 2.45) is 11.5 Å². The minimum Gasteiger partial charge on any atom is -0.351 e. The summed E-state index contributed by atoms with van der Waals surface area (Å²) < 4.78 is 0. The number of carbonyl (C=O) groups excluding carboxylic acids is 2. The van der Waals surface area contributed by atoms with E-state index >= 15 is 0 Å². The van der Waals surface area contributed by atoms with Crippen molar-refractivity contribution in [2.45, 2.75) is 25.4 Å². The Balaban J connectivity index is 0.00000441. The molecule has 124 valence electrons. The minimum atomic E-state index is -0.608. The molecule has 1 aromatic carbocycles. The molecule has 6 N–H and O–H groups in total. The fourth-order valence-corrected chi connectivity index (χ4v) is 2.27. The highest BCUT2D eigenvalue weighted by Gasteiger charge is 2.16. The number of thioether (sulfide) groups is 1. The van der Waals surface area contributed by atoms with Crippen LogP contribution in [0.15, 0.2) is 24.3 Å². The summed E-state index contributed by atoms with van der Waals surface area (Å²) in [5, 5.41) is 5.36. The number of anilines is 1. The highest BCUT2D eigenvalue weighted by Crippen LogP contribution is 2.16. The molecule has 8 heteroatoms. The standard InChI is InChI=1S/C14H22N4O2S.ClH/c1-9(17-13(19)12(15)7-8-21-2)10-3-5-11(6-4-10)18-14(16)20;/h3-6,9,12H,7-8,15H2,1-2H3,(H,17,19)(H3,16,18,20);1H/t9?,12-;/m0./s1. The van der Waals surface area contributed by atoms with E-state index in [4.69, 9.17) is 11.5 Å². The van der Waals surface area contributed by atoms with Crippen LogP contribution in [0.3, 0.4) is 0 Å². The number of urea groups is 1. The fraction of sp³-hybridized carbons (Fsp3) is 0.429. The van der Waals surface area contributed by atoms with Crippen LogP contribution in [0.5, 0.6) is 0 Å². The fourth-order valence-electron chi connectivity index (χ4n) is 1.78. The van der Waals surface area contributed by atoms with Gasteiger partial charge < -0.3 is 22.1 Å². The highest BCUT2D eigenvalue weighted by atomic mass is 35.5. The Hall–Kier alpha value is -1.44. The van der Waals surface area contributed by atoms with E-state index in [0.29, 0.717) is 12.1 Å². The van der Waals surface area contributed by atoms with Gasteiger partial charge in [0.25, 0.3) is 0 Å². The molecule has 0 aliphatic carbocycles. The van der Waals surface area contributed by atoms with Gasteiger partial charge >= 0.3 is 6.03 Å². The van der Waals surface area contributed by atoms with Gasteiger partial charge in [-0.15, -0.1) is 12.4 Å². The average molecular weight is 347 g/mol. The minimum absolute atomic E-state index is 0. The second-order valence-electron chi connectivity index (χ2n) is 4.73. The number of nitrogens with two attached hydrogens (primary N) is 2. The monoisotopic (exact) mass is 346 g/mol. The van der Waals surface area contributed by atoms with Crippen LogP contribution in [0.2, 0.25) is 0 Å². The number of benzene rings is 1. The molecule has 6 nitrogen and oxygen atoms in total. The van der Waals surface area contributed by atoms with Gasteiger partial charge in [0.15, 0.2) is 0 Å². The second-order valence-corrected chi connectivity index (χ2v) is 5.72. The molecular weight excluding hydrogens is 324 g/mol. The molecule has 0 aliphatic rings. The quantitative estimate of drug-likeness (QED) is 0.603. The van der Waals surface area contributed by atoms with Gasteiger partial charge in [0, 0.05) is 5.69 Å². The van der Waals surface area contributed by atoms with Crippen molar-refractivity contribution in [3.05, 3.63) is 29.8 Å². The van der Waals surface area contributed by atoms with Crippen LogP contribution in [0.4, 0.5) is 10.5 Å². The Morgan fingerprint density at radius 3 is 2.36 bits per heavy atom. The molecule has 0 aromatic heterocycles. The molecular formula is C14H23ClN4O2S. The molecule has 0 radical (unpaired) electrons. The number of rotatable bonds is 7. The first-order valence-electron chi connectivity index (χ1n) is 6.65. The summed E-state index contributed by atoms with van der Waals surface area (Å²) in [4.78, 5) is 22.7. The van der Waals surface area contributed by atoms with Gasteiger partial charge in [0.05, 0.1) is 12.1 Å². The van der Waals surface area contributed by atoms with Crippen LogP contribution < -0.4 is 22.1 Å². The van der Waals surface area contributed by atoms with Crippen LogP contribution in [0.1, 0.15) is 24.9 Å². The summed E-state index contributed by atoms with van der Waals surface area (Å²) in [5.41, 5.74) is 12.4. The maximum absolute atomic E-state index is 11.9. The Bertz CT molecular complexity index is 484. The molecule has 2 atom stereocenters. The number of hydrogen-bond donors (Lipinski definition) is 4. The number of hydrogen-bond acceptors (Lipinski definition) is 4.